The van der Waals surface area contributed by atoms with Crippen molar-refractivity contribution in [3.63, 3.8) is 0 Å². The molecule has 0 saturated heterocycles. The summed E-state index contributed by atoms with van der Waals surface area (Å²) in [5.41, 5.74) is 4.85. The summed E-state index contributed by atoms with van der Waals surface area (Å²) in [5, 5.41) is 0.398. The van der Waals surface area contributed by atoms with Crippen molar-refractivity contribution in [1.29, 1.82) is 0 Å². The van der Waals surface area contributed by atoms with Crippen LogP contribution >= 0.6 is 22.9 Å². The molecule has 0 spiro atoms. The molecule has 1 aromatic carbocycles. The first kappa shape index (κ1) is 15.2. The molecule has 0 aliphatic carbocycles. The van der Waals surface area contributed by atoms with Crippen molar-refractivity contribution in [1.82, 2.24) is 4.98 Å². The Morgan fingerprint density at radius 1 is 1.30 bits per heavy atom. The van der Waals surface area contributed by atoms with Crippen LogP contribution in [0.25, 0.3) is 0 Å². The molecule has 108 valence electrons. The van der Waals surface area contributed by atoms with E-state index in [1.807, 2.05) is 0 Å². The van der Waals surface area contributed by atoms with Crippen molar-refractivity contribution >= 4 is 22.9 Å². The van der Waals surface area contributed by atoms with Crippen LogP contribution in [0.15, 0.2) is 18.2 Å². The quantitative estimate of drug-likeness (QED) is 0.867. The number of hydrogen-bond acceptors (Lipinski definition) is 3. The molecule has 1 heterocycles. The van der Waals surface area contributed by atoms with E-state index in [2.05, 4.69) is 4.98 Å². The fourth-order valence-electron chi connectivity index (χ4n) is 1.66. The summed E-state index contributed by atoms with van der Waals surface area (Å²) in [6, 6.07) is 3.73. The number of halogens is 5. The molecule has 0 aliphatic heterocycles. The van der Waals surface area contributed by atoms with E-state index in [1.165, 1.54) is 12.1 Å². The van der Waals surface area contributed by atoms with Crippen LogP contribution in [0.4, 0.5) is 17.6 Å². The Morgan fingerprint density at radius 3 is 2.50 bits per heavy atom. The number of rotatable bonds is 3. The van der Waals surface area contributed by atoms with E-state index in [1.54, 1.807) is 0 Å². The lowest BCUT2D eigenvalue weighted by Gasteiger charge is -2.03. The zero-order valence-electron chi connectivity index (χ0n) is 9.97. The minimum atomic E-state index is -4.53. The van der Waals surface area contributed by atoms with Crippen LogP contribution in [0, 0.1) is 5.82 Å². The molecule has 2 N–H and O–H groups in total. The first-order valence-electron chi connectivity index (χ1n) is 5.51. The largest absolute Gasteiger partial charge is 0.434 e. The third kappa shape index (κ3) is 3.28. The molecule has 0 atom stereocenters. The highest BCUT2D eigenvalue weighted by Crippen LogP contribution is 2.35. The number of alkyl halides is 3. The standard InChI is InChI=1S/C12H9ClF4N2S/c13-8-4-7(14)2-1-6(8)3-10-19-11(12(15,16)17)9(5-18)20-10/h1-2,4H,3,5,18H2. The summed E-state index contributed by atoms with van der Waals surface area (Å²) in [6.45, 7) is -0.232. The molecule has 2 rings (SSSR count). The van der Waals surface area contributed by atoms with Crippen molar-refractivity contribution < 1.29 is 17.6 Å². The van der Waals surface area contributed by atoms with Crippen LogP contribution in [0.2, 0.25) is 5.02 Å². The van der Waals surface area contributed by atoms with E-state index in [0.29, 0.717) is 5.56 Å². The maximum atomic E-state index is 12.9. The summed E-state index contributed by atoms with van der Waals surface area (Å²) >= 11 is 6.73. The Kier molecular flexibility index (Phi) is 4.31. The zero-order chi connectivity index (χ0) is 14.9. The van der Waals surface area contributed by atoms with Crippen LogP contribution in [0.3, 0.4) is 0 Å². The van der Waals surface area contributed by atoms with Gasteiger partial charge in [-0.3, -0.25) is 0 Å². The van der Waals surface area contributed by atoms with Crippen molar-refractivity contribution in [2.75, 3.05) is 0 Å². The summed E-state index contributed by atoms with van der Waals surface area (Å²) in [6.07, 6.45) is -4.43. The Morgan fingerprint density at radius 2 is 2.00 bits per heavy atom. The third-order valence-electron chi connectivity index (χ3n) is 2.55. The third-order valence-corrected chi connectivity index (χ3v) is 3.98. The second-order valence-electron chi connectivity index (χ2n) is 3.99. The highest BCUT2D eigenvalue weighted by molar-refractivity contribution is 7.11. The molecule has 0 aliphatic rings. The number of benzene rings is 1. The van der Waals surface area contributed by atoms with Gasteiger partial charge in [-0.2, -0.15) is 13.2 Å². The Labute approximate surface area is 121 Å². The van der Waals surface area contributed by atoms with E-state index in [-0.39, 0.29) is 27.9 Å². The van der Waals surface area contributed by atoms with Crippen LogP contribution in [0.1, 0.15) is 21.1 Å². The first-order chi connectivity index (χ1) is 9.31. The molecule has 0 amide bonds. The fraction of sp³-hybridized carbons (Fsp3) is 0.250. The minimum Gasteiger partial charge on any atom is -0.326 e. The first-order valence-corrected chi connectivity index (χ1v) is 6.70. The molecule has 0 fully saturated rings. The van der Waals surface area contributed by atoms with Crippen LogP contribution in [-0.4, -0.2) is 4.98 Å². The Bertz CT molecular complexity index is 624. The molecule has 0 unspecified atom stereocenters. The average Bonchev–Trinajstić information content (AvgIpc) is 2.76. The molecular formula is C12H9ClF4N2S. The van der Waals surface area contributed by atoms with Crippen LogP contribution in [0.5, 0.6) is 0 Å². The van der Waals surface area contributed by atoms with Crippen LogP contribution in [-0.2, 0) is 19.1 Å². The van der Waals surface area contributed by atoms with Gasteiger partial charge < -0.3 is 5.73 Å². The van der Waals surface area contributed by atoms with E-state index >= 15 is 0 Å². The molecule has 20 heavy (non-hydrogen) atoms. The Balaban J connectivity index is 2.32. The van der Waals surface area contributed by atoms with Gasteiger partial charge in [0.2, 0.25) is 0 Å². The molecule has 2 nitrogen and oxygen atoms in total. The highest BCUT2D eigenvalue weighted by Gasteiger charge is 2.36. The number of thiazole rings is 1. The second kappa shape index (κ2) is 5.67. The van der Waals surface area contributed by atoms with E-state index in [0.717, 1.165) is 17.4 Å². The molecular weight excluding hydrogens is 316 g/mol. The molecule has 2 aromatic rings. The summed E-state index contributed by atoms with van der Waals surface area (Å²) < 4.78 is 51.1. The molecule has 0 saturated carbocycles. The normalized spacial score (nSPS) is 11.9. The topological polar surface area (TPSA) is 38.9 Å². The van der Waals surface area contributed by atoms with E-state index < -0.39 is 17.7 Å². The van der Waals surface area contributed by atoms with Gasteiger partial charge in [-0.05, 0) is 17.7 Å². The average molecular weight is 325 g/mol. The molecule has 1 aromatic heterocycles. The smallest absolute Gasteiger partial charge is 0.326 e. The zero-order valence-corrected chi connectivity index (χ0v) is 11.5. The second-order valence-corrected chi connectivity index (χ2v) is 5.57. The molecule has 0 bridgehead atoms. The van der Waals surface area contributed by atoms with Crippen molar-refractivity contribution in [2.24, 2.45) is 5.73 Å². The van der Waals surface area contributed by atoms with Gasteiger partial charge in [-0.15, -0.1) is 11.3 Å². The lowest BCUT2D eigenvalue weighted by Crippen LogP contribution is -2.10. The lowest BCUT2D eigenvalue weighted by atomic mass is 10.1. The van der Waals surface area contributed by atoms with Gasteiger partial charge in [0.25, 0.3) is 0 Å². The van der Waals surface area contributed by atoms with Crippen molar-refractivity contribution in [3.8, 4) is 0 Å². The summed E-state index contributed by atoms with van der Waals surface area (Å²) in [4.78, 5) is 3.55. The lowest BCUT2D eigenvalue weighted by molar-refractivity contribution is -0.141. The summed E-state index contributed by atoms with van der Waals surface area (Å²) in [7, 11) is 0. The van der Waals surface area contributed by atoms with Gasteiger partial charge in [-0.1, -0.05) is 17.7 Å². The fourth-order valence-corrected chi connectivity index (χ4v) is 2.89. The van der Waals surface area contributed by atoms with E-state index in [9.17, 15) is 17.6 Å². The van der Waals surface area contributed by atoms with Crippen molar-refractivity contribution in [3.05, 3.63) is 50.2 Å². The van der Waals surface area contributed by atoms with Gasteiger partial charge >= 0.3 is 6.18 Å². The van der Waals surface area contributed by atoms with Crippen LogP contribution < -0.4 is 5.73 Å². The number of nitrogens with zero attached hydrogens (tertiary/aromatic N) is 1. The van der Waals surface area contributed by atoms with E-state index in [4.69, 9.17) is 17.3 Å². The predicted octanol–water partition coefficient (Wildman–Crippen LogP) is 4.00. The molecule has 0 radical (unpaired) electrons. The highest BCUT2D eigenvalue weighted by atomic mass is 35.5. The predicted molar refractivity (Wildman–Crippen MR) is 69.2 cm³/mol. The van der Waals surface area contributed by atoms with Gasteiger partial charge in [0.1, 0.15) is 5.82 Å². The van der Waals surface area contributed by atoms with Gasteiger partial charge in [0, 0.05) is 18.0 Å². The maximum Gasteiger partial charge on any atom is 0.434 e. The summed E-state index contributed by atoms with van der Waals surface area (Å²) in [5.74, 6) is -0.503. The Hall–Kier alpha value is -1.18. The van der Waals surface area contributed by atoms with Gasteiger partial charge in [-0.25, -0.2) is 9.37 Å². The maximum absolute atomic E-state index is 12.9. The minimum absolute atomic E-state index is 0.0225. The van der Waals surface area contributed by atoms with Crippen molar-refractivity contribution in [2.45, 2.75) is 19.1 Å². The number of aromatic nitrogens is 1. The monoisotopic (exact) mass is 324 g/mol. The number of hydrogen-bond donors (Lipinski definition) is 1. The molecule has 8 heteroatoms. The van der Waals surface area contributed by atoms with Gasteiger partial charge in [0.05, 0.1) is 9.88 Å². The number of nitrogens with two attached hydrogens (primary N) is 1. The van der Waals surface area contributed by atoms with Gasteiger partial charge in [0.15, 0.2) is 5.69 Å². The SMILES string of the molecule is NCc1sc(Cc2ccc(F)cc2Cl)nc1C(F)(F)F.